The largest absolute Gasteiger partial charge is 0.490 e. The number of carbonyl (C=O) groups excluding carboxylic acids is 1. The maximum absolute atomic E-state index is 12.7. The molecule has 0 aliphatic rings. The number of rotatable bonds is 9. The van der Waals surface area contributed by atoms with E-state index < -0.39 is 10.0 Å². The van der Waals surface area contributed by atoms with Crippen LogP contribution in [0.25, 0.3) is 0 Å². The van der Waals surface area contributed by atoms with Gasteiger partial charge < -0.3 is 14.8 Å². The summed E-state index contributed by atoms with van der Waals surface area (Å²) in [5.74, 6) is 0.0581. The van der Waals surface area contributed by atoms with Crippen LogP contribution in [-0.2, 0) is 14.8 Å². The summed E-state index contributed by atoms with van der Waals surface area (Å²) in [5.41, 5.74) is 0.819. The summed E-state index contributed by atoms with van der Waals surface area (Å²) in [5, 5.41) is 2.75. The Kier molecular flexibility index (Phi) is 7.99. The Morgan fingerprint density at radius 2 is 1.79 bits per heavy atom. The van der Waals surface area contributed by atoms with Crippen molar-refractivity contribution in [3.8, 4) is 5.75 Å². The van der Waals surface area contributed by atoms with Crippen molar-refractivity contribution < 1.29 is 22.7 Å². The molecule has 0 heterocycles. The molecule has 0 unspecified atom stereocenters. The summed E-state index contributed by atoms with van der Waals surface area (Å²) in [7, 11) is -2.01. The minimum Gasteiger partial charge on any atom is -0.490 e. The van der Waals surface area contributed by atoms with Crippen LogP contribution in [0.4, 0.5) is 5.69 Å². The molecule has 0 saturated heterocycles. The monoisotopic (exact) mass is 470 g/mol. The Balaban J connectivity index is 2.16. The van der Waals surface area contributed by atoms with Crippen LogP contribution in [0.15, 0.2) is 51.8 Å². The fraction of sp³-hybridized carbons (Fsp3) is 0.316. The number of methoxy groups -OCH3 is 1. The molecule has 152 valence electrons. The highest BCUT2D eigenvalue weighted by molar-refractivity contribution is 9.10. The van der Waals surface area contributed by atoms with Crippen molar-refractivity contribution in [3.63, 3.8) is 0 Å². The van der Waals surface area contributed by atoms with Crippen molar-refractivity contribution in [2.75, 3.05) is 25.6 Å². The summed E-state index contributed by atoms with van der Waals surface area (Å²) in [4.78, 5) is 12.8. The zero-order chi connectivity index (χ0) is 20.7. The Morgan fingerprint density at radius 3 is 2.39 bits per heavy atom. The molecule has 1 amide bonds. The van der Waals surface area contributed by atoms with E-state index in [2.05, 4.69) is 26.0 Å². The van der Waals surface area contributed by atoms with Gasteiger partial charge in [0, 0.05) is 23.3 Å². The van der Waals surface area contributed by atoms with E-state index in [4.69, 9.17) is 9.47 Å². The second-order valence-electron chi connectivity index (χ2n) is 6.24. The van der Waals surface area contributed by atoms with E-state index in [1.807, 2.05) is 0 Å². The summed E-state index contributed by atoms with van der Waals surface area (Å²) in [6.07, 6.45) is 0. The fourth-order valence-corrected chi connectivity index (χ4v) is 3.95. The maximum atomic E-state index is 12.7. The van der Waals surface area contributed by atoms with E-state index >= 15 is 0 Å². The van der Waals surface area contributed by atoms with Crippen LogP contribution in [0, 0.1) is 0 Å². The third-order valence-corrected chi connectivity index (χ3v) is 5.71. The fourth-order valence-electron chi connectivity index (χ4n) is 2.33. The molecule has 0 radical (unpaired) electrons. The van der Waals surface area contributed by atoms with Crippen LogP contribution in [0.3, 0.4) is 0 Å². The van der Waals surface area contributed by atoms with Gasteiger partial charge in [-0.1, -0.05) is 15.9 Å². The molecule has 7 nitrogen and oxygen atoms in total. The average Bonchev–Trinajstić information content (AvgIpc) is 2.62. The van der Waals surface area contributed by atoms with Gasteiger partial charge in [0.25, 0.3) is 5.91 Å². The van der Waals surface area contributed by atoms with Gasteiger partial charge in [-0.15, -0.1) is 0 Å². The number of nitrogens with one attached hydrogen (secondary N) is 2. The van der Waals surface area contributed by atoms with Gasteiger partial charge in [-0.05, 0) is 56.3 Å². The molecule has 2 aromatic carbocycles. The van der Waals surface area contributed by atoms with Gasteiger partial charge in [0.1, 0.15) is 12.4 Å². The summed E-state index contributed by atoms with van der Waals surface area (Å²) in [6, 6.07) is 10.9. The number of halogens is 1. The smallest absolute Gasteiger partial charge is 0.259 e. The highest BCUT2D eigenvalue weighted by atomic mass is 79.9. The highest BCUT2D eigenvalue weighted by Gasteiger charge is 2.17. The predicted molar refractivity (Wildman–Crippen MR) is 111 cm³/mol. The Morgan fingerprint density at radius 1 is 1.11 bits per heavy atom. The van der Waals surface area contributed by atoms with Gasteiger partial charge in [-0.3, -0.25) is 4.79 Å². The zero-order valence-corrected chi connectivity index (χ0v) is 18.3. The molecule has 0 saturated carbocycles. The lowest BCUT2D eigenvalue weighted by molar-refractivity contribution is 0.101. The van der Waals surface area contributed by atoms with Gasteiger partial charge in [0.15, 0.2) is 0 Å². The molecule has 2 aromatic rings. The quantitative estimate of drug-likeness (QED) is 0.547. The van der Waals surface area contributed by atoms with Gasteiger partial charge in [-0.25, -0.2) is 13.1 Å². The SMILES string of the molecule is COCCOc1ccc(Br)cc1C(=O)Nc1ccc(S(=O)(=O)NC(C)C)cc1. The number of anilines is 1. The van der Waals surface area contributed by atoms with Crippen molar-refractivity contribution in [2.45, 2.75) is 24.8 Å². The lowest BCUT2D eigenvalue weighted by atomic mass is 10.2. The van der Waals surface area contributed by atoms with Crippen LogP contribution in [0.1, 0.15) is 24.2 Å². The molecular weight excluding hydrogens is 448 g/mol. The first-order valence-electron chi connectivity index (χ1n) is 8.58. The zero-order valence-electron chi connectivity index (χ0n) is 15.9. The molecule has 0 bridgehead atoms. The van der Waals surface area contributed by atoms with Gasteiger partial charge in [-0.2, -0.15) is 0 Å². The first-order valence-corrected chi connectivity index (χ1v) is 10.9. The first kappa shape index (κ1) is 22.4. The van der Waals surface area contributed by atoms with E-state index in [1.165, 1.54) is 24.3 Å². The van der Waals surface area contributed by atoms with Crippen LogP contribution in [-0.4, -0.2) is 40.7 Å². The third-order valence-electron chi connectivity index (χ3n) is 3.54. The lowest BCUT2D eigenvalue weighted by Gasteiger charge is -2.13. The number of benzene rings is 2. The second-order valence-corrected chi connectivity index (χ2v) is 8.87. The van der Waals surface area contributed by atoms with Crippen LogP contribution in [0.2, 0.25) is 0 Å². The molecule has 28 heavy (non-hydrogen) atoms. The number of carbonyl (C=O) groups is 1. The number of amides is 1. The molecule has 0 spiro atoms. The Labute approximate surface area is 173 Å². The standard InChI is InChI=1S/C19H23BrN2O5S/c1-13(2)22-28(24,25)16-7-5-15(6-8-16)21-19(23)17-12-14(20)4-9-18(17)27-11-10-26-3/h4-9,12-13,22H,10-11H2,1-3H3,(H,21,23). The third kappa shape index (κ3) is 6.30. The van der Waals surface area contributed by atoms with Crippen LogP contribution < -0.4 is 14.8 Å². The van der Waals surface area contributed by atoms with E-state index in [1.54, 1.807) is 39.2 Å². The van der Waals surface area contributed by atoms with Crippen molar-refractivity contribution in [1.29, 1.82) is 0 Å². The average molecular weight is 471 g/mol. The van der Waals surface area contributed by atoms with E-state index in [9.17, 15) is 13.2 Å². The van der Waals surface area contributed by atoms with E-state index in [0.29, 0.717) is 30.2 Å². The molecule has 0 fully saturated rings. The van der Waals surface area contributed by atoms with Gasteiger partial charge in [0.2, 0.25) is 10.0 Å². The van der Waals surface area contributed by atoms with Crippen molar-refractivity contribution in [2.24, 2.45) is 0 Å². The van der Waals surface area contributed by atoms with Crippen LogP contribution >= 0.6 is 15.9 Å². The topological polar surface area (TPSA) is 93.7 Å². The number of ether oxygens (including phenoxy) is 2. The molecule has 0 aliphatic carbocycles. The molecule has 0 aliphatic heterocycles. The predicted octanol–water partition coefficient (Wildman–Crippen LogP) is 3.41. The van der Waals surface area contributed by atoms with E-state index in [0.717, 1.165) is 4.47 Å². The van der Waals surface area contributed by atoms with Gasteiger partial charge in [0.05, 0.1) is 17.1 Å². The first-order chi connectivity index (χ1) is 13.2. The van der Waals surface area contributed by atoms with Gasteiger partial charge >= 0.3 is 0 Å². The Hall–Kier alpha value is -1.94. The maximum Gasteiger partial charge on any atom is 0.259 e. The minimum absolute atomic E-state index is 0.130. The number of hydrogen-bond donors (Lipinski definition) is 2. The van der Waals surface area contributed by atoms with Crippen molar-refractivity contribution >= 4 is 37.5 Å². The molecule has 0 aromatic heterocycles. The summed E-state index contributed by atoms with van der Waals surface area (Å²) < 4.78 is 38.2. The van der Waals surface area contributed by atoms with Crippen molar-refractivity contribution in [1.82, 2.24) is 4.72 Å². The molecule has 2 N–H and O–H groups in total. The van der Waals surface area contributed by atoms with E-state index in [-0.39, 0.29) is 16.8 Å². The molecule has 0 atom stereocenters. The summed E-state index contributed by atoms with van der Waals surface area (Å²) in [6.45, 7) is 4.21. The summed E-state index contributed by atoms with van der Waals surface area (Å²) >= 11 is 3.35. The molecular formula is C19H23BrN2O5S. The number of sulfonamides is 1. The van der Waals surface area contributed by atoms with Crippen molar-refractivity contribution in [3.05, 3.63) is 52.5 Å². The molecule has 9 heteroatoms. The van der Waals surface area contributed by atoms with Crippen LogP contribution in [0.5, 0.6) is 5.75 Å². The normalized spacial score (nSPS) is 11.5. The Bertz CT molecular complexity index is 914. The number of hydrogen-bond acceptors (Lipinski definition) is 5. The minimum atomic E-state index is -3.58. The highest BCUT2D eigenvalue weighted by Crippen LogP contribution is 2.25. The lowest BCUT2D eigenvalue weighted by Crippen LogP contribution is -2.30. The molecule has 2 rings (SSSR count). The second kappa shape index (κ2) is 10.0.